The van der Waals surface area contributed by atoms with E-state index in [0.717, 1.165) is 0 Å². The van der Waals surface area contributed by atoms with Gasteiger partial charge in [0.2, 0.25) is 0 Å². The molecule has 0 aromatic heterocycles. The first-order valence-electron chi connectivity index (χ1n) is 9.56. The SMILES string of the molecule is C.CCCCCCSSCN(CCCC)CSSCCCCCC. The molecular formula is C19H43NS4. The highest BCUT2D eigenvalue weighted by Crippen LogP contribution is 2.28. The largest absolute Gasteiger partial charge is 0.283 e. The fourth-order valence-corrected chi connectivity index (χ4v) is 6.70. The molecule has 0 fully saturated rings. The van der Waals surface area contributed by atoms with E-state index in [0.29, 0.717) is 0 Å². The summed E-state index contributed by atoms with van der Waals surface area (Å²) in [6, 6.07) is 0. The Bertz CT molecular complexity index is 200. The summed E-state index contributed by atoms with van der Waals surface area (Å²) < 4.78 is 0. The standard InChI is InChI=1S/C18H39NS4.CH4/c1-4-7-10-12-15-20-22-17-19(14-9-6-3)18-23-21-16-13-11-8-5-2;/h4-18H2,1-3H3;1H4. The summed E-state index contributed by atoms with van der Waals surface area (Å²) in [5, 5.41) is 0. The third-order valence-corrected chi connectivity index (χ3v) is 8.45. The second-order valence-electron chi connectivity index (χ2n) is 6.01. The van der Waals surface area contributed by atoms with Crippen LogP contribution in [0, 0.1) is 0 Å². The molecule has 0 rings (SSSR count). The van der Waals surface area contributed by atoms with Gasteiger partial charge in [-0.3, -0.25) is 4.90 Å². The smallest absolute Gasteiger partial charge is 0.0556 e. The lowest BCUT2D eigenvalue weighted by molar-refractivity contribution is 0.370. The molecule has 0 radical (unpaired) electrons. The molecule has 5 heteroatoms. The minimum atomic E-state index is 0. The van der Waals surface area contributed by atoms with Crippen molar-refractivity contribution in [2.24, 2.45) is 0 Å². The molecule has 0 aliphatic carbocycles. The molecule has 24 heavy (non-hydrogen) atoms. The summed E-state index contributed by atoms with van der Waals surface area (Å²) in [6.07, 6.45) is 13.7. The Hall–Kier alpha value is 1.36. The number of unbranched alkanes of at least 4 members (excludes halogenated alkanes) is 7. The second-order valence-corrected chi connectivity index (χ2v) is 11.1. The van der Waals surface area contributed by atoms with E-state index < -0.39 is 0 Å². The molecule has 0 amide bonds. The first kappa shape index (κ1) is 27.6. The Balaban J connectivity index is 0. The van der Waals surface area contributed by atoms with Crippen molar-refractivity contribution < 1.29 is 0 Å². The Morgan fingerprint density at radius 3 is 1.42 bits per heavy atom. The zero-order chi connectivity index (χ0) is 17.0. The Labute approximate surface area is 169 Å². The van der Waals surface area contributed by atoms with Gasteiger partial charge in [-0.25, -0.2) is 0 Å². The van der Waals surface area contributed by atoms with E-state index in [1.807, 2.05) is 0 Å². The summed E-state index contributed by atoms with van der Waals surface area (Å²) in [5.74, 6) is 5.04. The van der Waals surface area contributed by atoms with Crippen LogP contribution in [0.4, 0.5) is 0 Å². The molecule has 0 aliphatic heterocycles. The number of hydrogen-bond donors (Lipinski definition) is 0. The minimum Gasteiger partial charge on any atom is -0.283 e. The Kier molecular flexibility index (Phi) is 28.0. The highest BCUT2D eigenvalue weighted by atomic mass is 33.1. The summed E-state index contributed by atoms with van der Waals surface area (Å²) in [7, 11) is 8.28. The van der Waals surface area contributed by atoms with Crippen LogP contribution in [0.15, 0.2) is 0 Å². The van der Waals surface area contributed by atoms with E-state index in [1.54, 1.807) is 0 Å². The lowest BCUT2D eigenvalue weighted by Gasteiger charge is -2.20. The van der Waals surface area contributed by atoms with Crippen molar-refractivity contribution in [3.05, 3.63) is 0 Å². The van der Waals surface area contributed by atoms with Gasteiger partial charge in [-0.2, -0.15) is 0 Å². The molecule has 0 saturated carbocycles. The van der Waals surface area contributed by atoms with Crippen LogP contribution >= 0.6 is 43.2 Å². The van der Waals surface area contributed by atoms with Crippen LogP contribution < -0.4 is 0 Å². The molecule has 0 heterocycles. The Morgan fingerprint density at radius 1 is 0.542 bits per heavy atom. The van der Waals surface area contributed by atoms with E-state index in [1.165, 1.54) is 94.0 Å². The summed E-state index contributed by atoms with van der Waals surface area (Å²) in [5.41, 5.74) is 0. The van der Waals surface area contributed by atoms with Crippen molar-refractivity contribution in [2.45, 2.75) is 92.4 Å². The zero-order valence-corrected chi connectivity index (χ0v) is 19.0. The van der Waals surface area contributed by atoms with Crippen LogP contribution in [0.25, 0.3) is 0 Å². The quantitative estimate of drug-likeness (QED) is 0.118. The molecule has 0 spiro atoms. The first-order chi connectivity index (χ1) is 11.3. The number of nitrogens with zero attached hydrogens (tertiary/aromatic N) is 1. The van der Waals surface area contributed by atoms with Crippen LogP contribution in [0.5, 0.6) is 0 Å². The maximum atomic E-state index is 2.64. The summed E-state index contributed by atoms with van der Waals surface area (Å²) in [4.78, 5) is 2.64. The molecule has 0 aromatic carbocycles. The van der Waals surface area contributed by atoms with Crippen molar-refractivity contribution in [1.29, 1.82) is 0 Å². The van der Waals surface area contributed by atoms with Crippen LogP contribution in [0.1, 0.15) is 92.4 Å². The van der Waals surface area contributed by atoms with Gasteiger partial charge >= 0.3 is 0 Å². The van der Waals surface area contributed by atoms with Gasteiger partial charge in [0.25, 0.3) is 0 Å². The molecule has 0 aliphatic rings. The normalized spacial score (nSPS) is 11.0. The van der Waals surface area contributed by atoms with E-state index >= 15 is 0 Å². The van der Waals surface area contributed by atoms with Crippen LogP contribution in [-0.4, -0.2) is 34.7 Å². The van der Waals surface area contributed by atoms with Gasteiger partial charge in [0, 0.05) is 11.5 Å². The molecule has 0 saturated heterocycles. The highest BCUT2D eigenvalue weighted by Gasteiger charge is 2.05. The van der Waals surface area contributed by atoms with Gasteiger partial charge in [-0.15, -0.1) is 0 Å². The van der Waals surface area contributed by atoms with Crippen LogP contribution in [0.2, 0.25) is 0 Å². The van der Waals surface area contributed by atoms with Crippen molar-refractivity contribution in [2.75, 3.05) is 29.8 Å². The fraction of sp³-hybridized carbons (Fsp3) is 1.00. The molecule has 148 valence electrons. The van der Waals surface area contributed by atoms with Gasteiger partial charge in [0.15, 0.2) is 0 Å². The predicted octanol–water partition coefficient (Wildman–Crippen LogP) is 8.56. The topological polar surface area (TPSA) is 3.24 Å². The minimum absolute atomic E-state index is 0. The third-order valence-electron chi connectivity index (χ3n) is 3.63. The lowest BCUT2D eigenvalue weighted by atomic mass is 10.2. The molecule has 0 N–H and O–H groups in total. The maximum Gasteiger partial charge on any atom is 0.0556 e. The van der Waals surface area contributed by atoms with Crippen molar-refractivity contribution in [3.63, 3.8) is 0 Å². The summed E-state index contributed by atoms with van der Waals surface area (Å²) in [6.45, 7) is 8.13. The number of hydrogen-bond acceptors (Lipinski definition) is 5. The van der Waals surface area contributed by atoms with Crippen molar-refractivity contribution in [1.82, 2.24) is 4.90 Å². The monoisotopic (exact) mass is 413 g/mol. The molecule has 0 unspecified atom stereocenters. The maximum absolute atomic E-state index is 2.64. The van der Waals surface area contributed by atoms with E-state index in [9.17, 15) is 0 Å². The molecule has 1 nitrogen and oxygen atoms in total. The van der Waals surface area contributed by atoms with Crippen molar-refractivity contribution in [3.8, 4) is 0 Å². The van der Waals surface area contributed by atoms with Crippen molar-refractivity contribution >= 4 is 43.2 Å². The zero-order valence-electron chi connectivity index (χ0n) is 15.7. The van der Waals surface area contributed by atoms with Gasteiger partial charge in [-0.1, -0.05) is 116 Å². The van der Waals surface area contributed by atoms with E-state index in [2.05, 4.69) is 68.8 Å². The molecule has 0 atom stereocenters. The highest BCUT2D eigenvalue weighted by molar-refractivity contribution is 8.77. The van der Waals surface area contributed by atoms with Gasteiger partial charge in [-0.05, 0) is 25.8 Å². The molecule has 0 bridgehead atoms. The predicted molar refractivity (Wildman–Crippen MR) is 126 cm³/mol. The van der Waals surface area contributed by atoms with Gasteiger partial charge in [0.1, 0.15) is 0 Å². The average Bonchev–Trinajstić information content (AvgIpc) is 2.57. The number of rotatable bonds is 19. The van der Waals surface area contributed by atoms with Crippen LogP contribution in [0.3, 0.4) is 0 Å². The summed E-state index contributed by atoms with van der Waals surface area (Å²) >= 11 is 0. The van der Waals surface area contributed by atoms with E-state index in [4.69, 9.17) is 0 Å². The molecule has 0 aromatic rings. The van der Waals surface area contributed by atoms with E-state index in [-0.39, 0.29) is 7.43 Å². The molecular weight excluding hydrogens is 370 g/mol. The van der Waals surface area contributed by atoms with Crippen LogP contribution in [-0.2, 0) is 0 Å². The first-order valence-corrected chi connectivity index (χ1v) is 14.5. The average molecular weight is 414 g/mol. The lowest BCUT2D eigenvalue weighted by Crippen LogP contribution is -2.23. The van der Waals surface area contributed by atoms with Gasteiger partial charge in [0.05, 0.1) is 11.8 Å². The fourth-order valence-electron chi connectivity index (χ4n) is 2.07. The Morgan fingerprint density at radius 2 is 1.00 bits per heavy atom. The van der Waals surface area contributed by atoms with Gasteiger partial charge < -0.3 is 0 Å². The second kappa shape index (κ2) is 24.4. The third kappa shape index (κ3) is 21.4.